The van der Waals surface area contributed by atoms with Gasteiger partial charge in [0, 0.05) is 31.4 Å². The average molecular weight is 253 g/mol. The zero-order chi connectivity index (χ0) is 13.1. The van der Waals surface area contributed by atoms with Gasteiger partial charge >= 0.3 is 0 Å². The van der Waals surface area contributed by atoms with Crippen LogP contribution >= 0.6 is 0 Å². The van der Waals surface area contributed by atoms with Crippen molar-refractivity contribution in [3.63, 3.8) is 0 Å². The Morgan fingerprint density at radius 1 is 1.61 bits per heavy atom. The standard InChI is InChI=1S/C13H20FN3O/c1-16-7-3-4-11(16)8-17(2)13-12(14)10(9-18)5-6-15-13/h5-6,11,18H,3-4,7-9H2,1-2H3. The van der Waals surface area contributed by atoms with Crippen molar-refractivity contribution < 1.29 is 9.50 Å². The van der Waals surface area contributed by atoms with E-state index in [4.69, 9.17) is 5.11 Å². The van der Waals surface area contributed by atoms with Crippen LogP contribution in [-0.2, 0) is 6.61 Å². The molecule has 1 aromatic rings. The van der Waals surface area contributed by atoms with E-state index in [0.29, 0.717) is 17.4 Å². The molecule has 0 aliphatic carbocycles. The van der Waals surface area contributed by atoms with Crippen LogP contribution in [0.3, 0.4) is 0 Å². The number of hydrogen-bond donors (Lipinski definition) is 1. The number of anilines is 1. The summed E-state index contributed by atoms with van der Waals surface area (Å²) in [6.07, 6.45) is 3.88. The number of halogens is 1. The molecule has 0 amide bonds. The van der Waals surface area contributed by atoms with Crippen molar-refractivity contribution >= 4 is 5.82 Å². The molecule has 1 saturated heterocycles. The molecule has 0 aromatic carbocycles. The summed E-state index contributed by atoms with van der Waals surface area (Å²) in [7, 11) is 3.94. The van der Waals surface area contributed by atoms with Crippen molar-refractivity contribution in [2.45, 2.75) is 25.5 Å². The van der Waals surface area contributed by atoms with E-state index >= 15 is 0 Å². The Bertz CT molecular complexity index is 413. The van der Waals surface area contributed by atoms with E-state index in [1.54, 1.807) is 6.20 Å². The highest BCUT2D eigenvalue weighted by Gasteiger charge is 2.23. The van der Waals surface area contributed by atoms with Gasteiger partial charge in [0.1, 0.15) is 0 Å². The highest BCUT2D eigenvalue weighted by molar-refractivity contribution is 5.42. The lowest BCUT2D eigenvalue weighted by Crippen LogP contribution is -2.37. The summed E-state index contributed by atoms with van der Waals surface area (Å²) >= 11 is 0. The van der Waals surface area contributed by atoms with Crippen molar-refractivity contribution in [1.29, 1.82) is 0 Å². The monoisotopic (exact) mass is 253 g/mol. The molecule has 1 N–H and O–H groups in total. The molecule has 1 fully saturated rings. The molecule has 1 aromatic heterocycles. The molecule has 4 nitrogen and oxygen atoms in total. The van der Waals surface area contributed by atoms with Crippen molar-refractivity contribution in [1.82, 2.24) is 9.88 Å². The zero-order valence-corrected chi connectivity index (χ0v) is 10.9. The second-order valence-corrected chi connectivity index (χ2v) is 4.92. The van der Waals surface area contributed by atoms with Gasteiger partial charge in [-0.1, -0.05) is 0 Å². The topological polar surface area (TPSA) is 39.6 Å². The lowest BCUT2D eigenvalue weighted by molar-refractivity contribution is 0.275. The first-order chi connectivity index (χ1) is 8.63. The first-order valence-electron chi connectivity index (χ1n) is 6.29. The van der Waals surface area contributed by atoms with Crippen molar-refractivity contribution in [2.75, 3.05) is 32.1 Å². The van der Waals surface area contributed by atoms with Crippen molar-refractivity contribution in [2.24, 2.45) is 0 Å². The van der Waals surface area contributed by atoms with Gasteiger partial charge in [0.2, 0.25) is 0 Å². The Hall–Kier alpha value is -1.20. The van der Waals surface area contributed by atoms with Crippen LogP contribution in [-0.4, -0.2) is 48.2 Å². The quantitative estimate of drug-likeness (QED) is 0.876. The molecule has 2 heterocycles. The first kappa shape index (κ1) is 13.2. The van der Waals surface area contributed by atoms with Gasteiger partial charge in [-0.05, 0) is 32.5 Å². The maximum atomic E-state index is 14.0. The summed E-state index contributed by atoms with van der Waals surface area (Å²) in [5, 5.41) is 9.06. The summed E-state index contributed by atoms with van der Waals surface area (Å²) in [4.78, 5) is 8.21. The Balaban J connectivity index is 2.11. The molecule has 1 aliphatic rings. The van der Waals surface area contributed by atoms with E-state index < -0.39 is 5.82 Å². The van der Waals surface area contributed by atoms with E-state index in [1.165, 1.54) is 12.5 Å². The Labute approximate surface area is 107 Å². The van der Waals surface area contributed by atoms with Crippen LogP contribution in [0.25, 0.3) is 0 Å². The maximum Gasteiger partial charge on any atom is 0.171 e. The van der Waals surface area contributed by atoms with Gasteiger partial charge in [0.25, 0.3) is 0 Å². The average Bonchev–Trinajstić information content (AvgIpc) is 2.75. The smallest absolute Gasteiger partial charge is 0.171 e. The Morgan fingerprint density at radius 3 is 3.00 bits per heavy atom. The van der Waals surface area contributed by atoms with Gasteiger partial charge in [-0.25, -0.2) is 9.37 Å². The molecular formula is C13H20FN3O. The first-order valence-corrected chi connectivity index (χ1v) is 6.29. The van der Waals surface area contributed by atoms with Crippen LogP contribution in [0.1, 0.15) is 18.4 Å². The SMILES string of the molecule is CN(CC1CCCN1C)c1nccc(CO)c1F. The Kier molecular flexibility index (Phi) is 4.14. The predicted octanol–water partition coefficient (Wildman–Crippen LogP) is 1.24. The van der Waals surface area contributed by atoms with Crippen LogP contribution in [0, 0.1) is 5.82 Å². The molecule has 5 heteroatoms. The summed E-state index contributed by atoms with van der Waals surface area (Å²) < 4.78 is 14.0. The van der Waals surface area contributed by atoms with Crippen LogP contribution in [0.2, 0.25) is 0 Å². The normalized spacial score (nSPS) is 20.3. The van der Waals surface area contributed by atoms with E-state index in [2.05, 4.69) is 16.9 Å². The van der Waals surface area contributed by atoms with E-state index in [9.17, 15) is 4.39 Å². The number of likely N-dealkylation sites (tertiary alicyclic amines) is 1. The number of hydrogen-bond acceptors (Lipinski definition) is 4. The fraction of sp³-hybridized carbons (Fsp3) is 0.615. The summed E-state index contributed by atoms with van der Waals surface area (Å²) in [6, 6.07) is 1.96. The molecule has 0 bridgehead atoms. The summed E-state index contributed by atoms with van der Waals surface area (Å²) in [5.74, 6) is -0.0926. The number of aliphatic hydroxyl groups is 1. The molecular weight excluding hydrogens is 233 g/mol. The molecule has 1 aliphatic heterocycles. The largest absolute Gasteiger partial charge is 0.392 e. The van der Waals surface area contributed by atoms with Crippen molar-refractivity contribution in [3.05, 3.63) is 23.6 Å². The predicted molar refractivity (Wildman–Crippen MR) is 69.0 cm³/mol. The lowest BCUT2D eigenvalue weighted by atomic mass is 10.2. The minimum absolute atomic E-state index is 0.293. The number of rotatable bonds is 4. The molecule has 100 valence electrons. The minimum Gasteiger partial charge on any atom is -0.392 e. The van der Waals surface area contributed by atoms with Gasteiger partial charge in [-0.15, -0.1) is 0 Å². The minimum atomic E-state index is -0.414. The number of aromatic nitrogens is 1. The van der Waals surface area contributed by atoms with E-state index in [-0.39, 0.29) is 6.61 Å². The van der Waals surface area contributed by atoms with Gasteiger partial charge in [0.05, 0.1) is 6.61 Å². The Morgan fingerprint density at radius 2 is 2.39 bits per heavy atom. The van der Waals surface area contributed by atoms with Gasteiger partial charge in [-0.2, -0.15) is 0 Å². The van der Waals surface area contributed by atoms with Crippen LogP contribution < -0.4 is 4.90 Å². The number of nitrogens with zero attached hydrogens (tertiary/aromatic N) is 3. The molecule has 0 spiro atoms. The van der Waals surface area contributed by atoms with Crippen LogP contribution in [0.4, 0.5) is 10.2 Å². The van der Waals surface area contributed by atoms with Crippen molar-refractivity contribution in [3.8, 4) is 0 Å². The molecule has 0 radical (unpaired) electrons. The maximum absolute atomic E-state index is 14.0. The van der Waals surface area contributed by atoms with Crippen LogP contribution in [0.15, 0.2) is 12.3 Å². The fourth-order valence-electron chi connectivity index (χ4n) is 2.47. The molecule has 2 rings (SSSR count). The number of aliphatic hydroxyl groups excluding tert-OH is 1. The molecule has 0 saturated carbocycles. The summed E-state index contributed by atoms with van der Waals surface area (Å²) in [6.45, 7) is 1.57. The molecule has 1 atom stereocenters. The van der Waals surface area contributed by atoms with Gasteiger partial charge in [-0.3, -0.25) is 0 Å². The molecule has 18 heavy (non-hydrogen) atoms. The van der Waals surface area contributed by atoms with Crippen LogP contribution in [0.5, 0.6) is 0 Å². The third-order valence-corrected chi connectivity index (χ3v) is 3.64. The van der Waals surface area contributed by atoms with Gasteiger partial charge in [0.15, 0.2) is 11.6 Å². The fourth-order valence-corrected chi connectivity index (χ4v) is 2.47. The highest BCUT2D eigenvalue weighted by Crippen LogP contribution is 2.21. The number of pyridine rings is 1. The third-order valence-electron chi connectivity index (χ3n) is 3.64. The molecule has 1 unspecified atom stereocenters. The third kappa shape index (κ3) is 2.62. The number of likely N-dealkylation sites (N-methyl/N-ethyl adjacent to an activating group) is 2. The zero-order valence-electron chi connectivity index (χ0n) is 10.9. The highest BCUT2D eigenvalue weighted by atomic mass is 19.1. The van der Waals surface area contributed by atoms with Gasteiger partial charge < -0.3 is 14.9 Å². The second-order valence-electron chi connectivity index (χ2n) is 4.92. The lowest BCUT2D eigenvalue weighted by Gasteiger charge is -2.27. The second kappa shape index (κ2) is 5.63. The summed E-state index contributed by atoms with van der Waals surface area (Å²) in [5.41, 5.74) is 0.298. The van der Waals surface area contributed by atoms with E-state index in [1.807, 2.05) is 11.9 Å². The van der Waals surface area contributed by atoms with E-state index in [0.717, 1.165) is 19.5 Å².